The molecule has 1 atom stereocenters. The molecule has 2 aromatic rings. The van der Waals surface area contributed by atoms with Gasteiger partial charge in [-0.3, -0.25) is 19.5 Å². The third-order valence-electron chi connectivity index (χ3n) is 6.77. The number of allylic oxidation sites excluding steroid dienone is 1. The number of rotatable bonds is 4. The fourth-order valence-corrected chi connectivity index (χ4v) is 5.39. The van der Waals surface area contributed by atoms with E-state index >= 15 is 0 Å². The van der Waals surface area contributed by atoms with Gasteiger partial charge in [-0.25, -0.2) is 0 Å². The molecule has 168 valence electrons. The van der Waals surface area contributed by atoms with Gasteiger partial charge in [0, 0.05) is 17.8 Å². The second-order valence-electron chi connectivity index (χ2n) is 9.64. The summed E-state index contributed by atoms with van der Waals surface area (Å²) >= 11 is 0. The average Bonchev–Trinajstić information content (AvgIpc) is 3.11. The lowest BCUT2D eigenvalue weighted by Gasteiger charge is -2.43. The molecule has 1 fully saturated rings. The van der Waals surface area contributed by atoms with Crippen LogP contribution in [-0.4, -0.2) is 40.3 Å². The van der Waals surface area contributed by atoms with Crippen LogP contribution in [0.3, 0.4) is 0 Å². The molecular formula is C26H32N4O2. The number of amides is 2. The van der Waals surface area contributed by atoms with Crippen molar-refractivity contribution in [3.8, 4) is 0 Å². The zero-order valence-corrected chi connectivity index (χ0v) is 19.6. The fourth-order valence-electron chi connectivity index (χ4n) is 5.39. The molecule has 0 radical (unpaired) electrons. The van der Waals surface area contributed by atoms with Crippen LogP contribution in [0.4, 0.5) is 5.69 Å². The second kappa shape index (κ2) is 7.85. The van der Waals surface area contributed by atoms with Gasteiger partial charge >= 0.3 is 0 Å². The Morgan fingerprint density at radius 1 is 1.12 bits per heavy atom. The van der Waals surface area contributed by atoms with Crippen LogP contribution in [0.5, 0.6) is 0 Å². The number of aromatic nitrogens is 1. The Bertz CT molecular complexity index is 1120. The molecule has 2 aliphatic heterocycles. The number of anilines is 1. The quantitative estimate of drug-likeness (QED) is 0.799. The van der Waals surface area contributed by atoms with E-state index in [2.05, 4.69) is 36.2 Å². The number of carbonyl (C=O) groups excluding carboxylic acids is 2. The first-order valence-corrected chi connectivity index (χ1v) is 11.2. The minimum Gasteiger partial charge on any atom is -0.368 e. The number of carbonyl (C=O) groups is 2. The van der Waals surface area contributed by atoms with Crippen LogP contribution in [0.2, 0.25) is 0 Å². The number of primary amides is 1. The summed E-state index contributed by atoms with van der Waals surface area (Å²) in [5, 5.41) is 0. The molecule has 1 aromatic heterocycles. The summed E-state index contributed by atoms with van der Waals surface area (Å²) < 4.78 is 0. The van der Waals surface area contributed by atoms with E-state index in [4.69, 9.17) is 5.73 Å². The lowest BCUT2D eigenvalue weighted by Crippen LogP contribution is -2.57. The highest BCUT2D eigenvalue weighted by atomic mass is 16.2. The lowest BCUT2D eigenvalue weighted by molar-refractivity contribution is -0.131. The third kappa shape index (κ3) is 3.52. The maximum Gasteiger partial charge on any atom is 0.244 e. The van der Waals surface area contributed by atoms with Crippen LogP contribution in [0, 0.1) is 13.8 Å². The number of hydrogen-bond acceptors (Lipinski definition) is 4. The van der Waals surface area contributed by atoms with E-state index in [1.165, 1.54) is 0 Å². The standard InChI is InChI=1S/C26H32N4O2/c1-17-10-11-20-18(2)15-25(4,5)30(21(20)14-17)23(31)16-29-13-7-12-26(29,24(27)32)22-9-6-8-19(3)28-22/h6,8-11,14-15H,7,12-13,16H2,1-5H3,(H2,27,32)/t26-/m0/s1. The summed E-state index contributed by atoms with van der Waals surface area (Å²) in [6, 6.07) is 11.8. The number of benzene rings is 1. The number of likely N-dealkylation sites (tertiary alicyclic amines) is 1. The SMILES string of the molecule is CC1=CC(C)(C)N(C(=O)CN2CCC[C@@]2(C(N)=O)c2cccc(C)n2)c2cc(C)ccc21. The lowest BCUT2D eigenvalue weighted by atomic mass is 9.87. The van der Waals surface area contributed by atoms with Crippen molar-refractivity contribution in [1.82, 2.24) is 9.88 Å². The van der Waals surface area contributed by atoms with Gasteiger partial charge in [0.25, 0.3) is 0 Å². The van der Waals surface area contributed by atoms with Crippen molar-refractivity contribution in [3.63, 3.8) is 0 Å². The summed E-state index contributed by atoms with van der Waals surface area (Å²) in [6.45, 7) is 10.8. The Hall–Kier alpha value is -2.99. The molecule has 6 heteroatoms. The highest BCUT2D eigenvalue weighted by Crippen LogP contribution is 2.41. The predicted octanol–water partition coefficient (Wildman–Crippen LogP) is 3.70. The first-order chi connectivity index (χ1) is 15.1. The molecule has 0 bridgehead atoms. The zero-order valence-electron chi connectivity index (χ0n) is 19.6. The maximum atomic E-state index is 13.8. The Labute approximate surface area is 190 Å². The molecule has 2 amide bonds. The smallest absolute Gasteiger partial charge is 0.244 e. The number of aryl methyl sites for hydroxylation is 2. The van der Waals surface area contributed by atoms with Gasteiger partial charge in [-0.1, -0.05) is 24.3 Å². The zero-order chi connectivity index (χ0) is 23.3. The van der Waals surface area contributed by atoms with Crippen LogP contribution in [-0.2, 0) is 15.1 Å². The van der Waals surface area contributed by atoms with Gasteiger partial charge in [0.2, 0.25) is 11.8 Å². The van der Waals surface area contributed by atoms with Crippen molar-refractivity contribution in [3.05, 3.63) is 65.0 Å². The van der Waals surface area contributed by atoms with Crippen LogP contribution in [0.1, 0.15) is 56.1 Å². The van der Waals surface area contributed by atoms with Crippen LogP contribution >= 0.6 is 0 Å². The first-order valence-electron chi connectivity index (χ1n) is 11.2. The minimum absolute atomic E-state index is 0.0502. The van der Waals surface area contributed by atoms with E-state index < -0.39 is 17.0 Å². The van der Waals surface area contributed by atoms with Gasteiger partial charge in [0.1, 0.15) is 5.54 Å². The summed E-state index contributed by atoms with van der Waals surface area (Å²) in [4.78, 5) is 35.1. The third-order valence-corrected chi connectivity index (χ3v) is 6.77. The molecule has 0 aliphatic carbocycles. The van der Waals surface area contributed by atoms with Gasteiger partial charge in [-0.15, -0.1) is 0 Å². The van der Waals surface area contributed by atoms with Crippen molar-refractivity contribution in [2.24, 2.45) is 5.73 Å². The normalized spacial score (nSPS) is 22.4. The Morgan fingerprint density at radius 3 is 2.56 bits per heavy atom. The maximum absolute atomic E-state index is 13.8. The Balaban J connectivity index is 1.73. The predicted molar refractivity (Wildman–Crippen MR) is 127 cm³/mol. The van der Waals surface area contributed by atoms with Gasteiger partial charge in [-0.2, -0.15) is 0 Å². The van der Waals surface area contributed by atoms with Crippen molar-refractivity contribution >= 4 is 23.1 Å². The summed E-state index contributed by atoms with van der Waals surface area (Å²) in [6.07, 6.45) is 3.48. The number of hydrogen-bond donors (Lipinski definition) is 1. The number of fused-ring (bicyclic) bond motifs is 1. The van der Waals surface area contributed by atoms with Gasteiger partial charge in [-0.05, 0) is 76.8 Å². The molecular weight excluding hydrogens is 400 g/mol. The average molecular weight is 433 g/mol. The number of nitrogens with two attached hydrogens (primary N) is 1. The van der Waals surface area contributed by atoms with Crippen molar-refractivity contribution in [2.45, 2.75) is 58.5 Å². The summed E-state index contributed by atoms with van der Waals surface area (Å²) in [5.41, 5.74) is 10.1. The Morgan fingerprint density at radius 2 is 1.88 bits per heavy atom. The van der Waals surface area contributed by atoms with E-state index in [9.17, 15) is 9.59 Å². The van der Waals surface area contributed by atoms with E-state index in [-0.39, 0.29) is 12.5 Å². The van der Waals surface area contributed by atoms with Crippen molar-refractivity contribution < 1.29 is 9.59 Å². The van der Waals surface area contributed by atoms with E-state index in [0.29, 0.717) is 18.7 Å². The molecule has 1 aromatic carbocycles. The van der Waals surface area contributed by atoms with Crippen LogP contribution in [0.25, 0.3) is 5.57 Å². The van der Waals surface area contributed by atoms with Gasteiger partial charge < -0.3 is 10.6 Å². The second-order valence-corrected chi connectivity index (χ2v) is 9.64. The molecule has 0 saturated carbocycles. The monoisotopic (exact) mass is 432 g/mol. The summed E-state index contributed by atoms with van der Waals surface area (Å²) in [7, 11) is 0. The van der Waals surface area contributed by atoms with Gasteiger partial charge in [0.05, 0.1) is 23.5 Å². The van der Waals surface area contributed by atoms with E-state index in [1.807, 2.05) is 55.7 Å². The van der Waals surface area contributed by atoms with Crippen molar-refractivity contribution in [2.75, 3.05) is 18.0 Å². The highest BCUT2D eigenvalue weighted by molar-refractivity contribution is 6.02. The molecule has 1 saturated heterocycles. The molecule has 0 spiro atoms. The Kier molecular flexibility index (Phi) is 5.45. The topological polar surface area (TPSA) is 79.5 Å². The number of nitrogens with zero attached hydrogens (tertiary/aromatic N) is 3. The molecule has 2 aliphatic rings. The summed E-state index contributed by atoms with van der Waals surface area (Å²) in [5.74, 6) is -0.503. The fraction of sp³-hybridized carbons (Fsp3) is 0.423. The molecule has 3 heterocycles. The van der Waals surface area contributed by atoms with Crippen LogP contribution in [0.15, 0.2) is 42.5 Å². The van der Waals surface area contributed by atoms with Crippen LogP contribution < -0.4 is 10.6 Å². The minimum atomic E-state index is -1.07. The van der Waals surface area contributed by atoms with Gasteiger partial charge in [0.15, 0.2) is 0 Å². The van der Waals surface area contributed by atoms with E-state index in [1.54, 1.807) is 0 Å². The largest absolute Gasteiger partial charge is 0.368 e. The van der Waals surface area contributed by atoms with E-state index in [0.717, 1.165) is 34.5 Å². The molecule has 32 heavy (non-hydrogen) atoms. The van der Waals surface area contributed by atoms with Crippen molar-refractivity contribution in [1.29, 1.82) is 0 Å². The first kappa shape index (κ1) is 22.2. The molecule has 0 unspecified atom stereocenters. The molecule has 2 N–H and O–H groups in total. The highest BCUT2D eigenvalue weighted by Gasteiger charge is 2.50. The number of pyridine rings is 1. The molecule has 6 nitrogen and oxygen atoms in total. The molecule has 4 rings (SSSR count).